The molecule has 0 amide bonds. The third-order valence-electron chi connectivity index (χ3n) is 4.54. The zero-order valence-electron chi connectivity index (χ0n) is 14.0. The molecule has 1 aliphatic rings. The maximum atomic E-state index is 12.0. The molecule has 7 nitrogen and oxygen atoms in total. The van der Waals surface area contributed by atoms with Crippen molar-refractivity contribution in [3.8, 4) is 6.07 Å². The minimum atomic E-state index is -0.583. The van der Waals surface area contributed by atoms with Crippen LogP contribution in [0.15, 0.2) is 9.59 Å². The molecular formula is C16H24N4O3. The predicted octanol–water partition coefficient (Wildman–Crippen LogP) is 0.963. The van der Waals surface area contributed by atoms with Gasteiger partial charge in [0.05, 0.1) is 12.7 Å². The van der Waals surface area contributed by atoms with Crippen LogP contribution in [-0.2, 0) is 18.8 Å². The number of anilines is 1. The summed E-state index contributed by atoms with van der Waals surface area (Å²) in [6.07, 6.45) is 5.01. The first-order valence-electron chi connectivity index (χ1n) is 8.03. The zero-order valence-corrected chi connectivity index (χ0v) is 14.0. The standard InChI is InChI=1S/C16H24N4O3/c1-11-6-4-5-7-13(11)23-9-8-18-14-12(10-17)15(21)20(3)16(22)19(14)2/h11,13,18H,4-9H2,1-3H3/t11-,13-/m0/s1. The molecule has 1 aromatic heterocycles. The maximum absolute atomic E-state index is 12.0. The van der Waals surface area contributed by atoms with E-state index in [0.29, 0.717) is 19.1 Å². The second-order valence-electron chi connectivity index (χ2n) is 6.14. The number of hydrogen-bond donors (Lipinski definition) is 1. The van der Waals surface area contributed by atoms with Gasteiger partial charge >= 0.3 is 5.69 Å². The Labute approximate surface area is 135 Å². The Hall–Kier alpha value is -2.07. The number of nitrogens with zero attached hydrogens (tertiary/aromatic N) is 3. The van der Waals surface area contributed by atoms with E-state index in [1.54, 1.807) is 0 Å². The number of hydrogen-bond acceptors (Lipinski definition) is 5. The summed E-state index contributed by atoms with van der Waals surface area (Å²) < 4.78 is 8.11. The van der Waals surface area contributed by atoms with Crippen LogP contribution in [0.4, 0.5) is 5.82 Å². The highest BCUT2D eigenvalue weighted by atomic mass is 16.5. The Balaban J connectivity index is 2.02. The van der Waals surface area contributed by atoms with Gasteiger partial charge in [0.15, 0.2) is 5.56 Å². The Morgan fingerprint density at radius 2 is 1.96 bits per heavy atom. The van der Waals surface area contributed by atoms with E-state index in [1.807, 2.05) is 6.07 Å². The average Bonchev–Trinajstić information content (AvgIpc) is 2.55. The summed E-state index contributed by atoms with van der Waals surface area (Å²) in [5.41, 5.74) is -1.10. The van der Waals surface area contributed by atoms with Crippen LogP contribution in [0.25, 0.3) is 0 Å². The second-order valence-corrected chi connectivity index (χ2v) is 6.14. The van der Waals surface area contributed by atoms with Gasteiger partial charge in [-0.15, -0.1) is 0 Å². The molecule has 1 heterocycles. The molecule has 0 radical (unpaired) electrons. The largest absolute Gasteiger partial charge is 0.376 e. The SMILES string of the molecule is C[C@H]1CCCC[C@@H]1OCCNc1c(C#N)c(=O)n(C)c(=O)n1C. The van der Waals surface area contributed by atoms with Gasteiger partial charge in [-0.1, -0.05) is 19.8 Å². The van der Waals surface area contributed by atoms with Gasteiger partial charge in [0, 0.05) is 20.6 Å². The molecule has 7 heteroatoms. The molecule has 1 aliphatic carbocycles. The zero-order chi connectivity index (χ0) is 17.0. The van der Waals surface area contributed by atoms with Crippen molar-refractivity contribution in [2.75, 3.05) is 18.5 Å². The molecule has 1 N–H and O–H groups in total. The van der Waals surface area contributed by atoms with Crippen molar-refractivity contribution in [2.24, 2.45) is 20.0 Å². The van der Waals surface area contributed by atoms with Gasteiger partial charge in [-0.05, 0) is 18.8 Å². The molecule has 23 heavy (non-hydrogen) atoms. The van der Waals surface area contributed by atoms with Gasteiger partial charge in [0.1, 0.15) is 11.9 Å². The lowest BCUT2D eigenvalue weighted by Gasteiger charge is -2.28. The number of nitriles is 1. The minimum absolute atomic E-state index is 0.0550. The summed E-state index contributed by atoms with van der Waals surface area (Å²) in [5.74, 6) is 0.813. The van der Waals surface area contributed by atoms with E-state index < -0.39 is 11.2 Å². The number of rotatable bonds is 5. The molecule has 1 aromatic rings. The Morgan fingerprint density at radius 1 is 1.26 bits per heavy atom. The summed E-state index contributed by atoms with van der Waals surface area (Å²) in [4.78, 5) is 23.9. The van der Waals surface area contributed by atoms with Crippen LogP contribution in [0.5, 0.6) is 0 Å². The van der Waals surface area contributed by atoms with Crippen LogP contribution in [0.2, 0.25) is 0 Å². The first-order valence-corrected chi connectivity index (χ1v) is 8.03. The number of aromatic nitrogens is 2. The van der Waals surface area contributed by atoms with E-state index in [9.17, 15) is 14.9 Å². The Kier molecular flexibility index (Phi) is 5.61. The van der Waals surface area contributed by atoms with Gasteiger partial charge in [0.2, 0.25) is 0 Å². The molecule has 0 saturated heterocycles. The third kappa shape index (κ3) is 3.64. The molecule has 0 aromatic carbocycles. The number of nitrogens with one attached hydrogen (secondary N) is 1. The van der Waals surface area contributed by atoms with Crippen LogP contribution >= 0.6 is 0 Å². The Morgan fingerprint density at radius 3 is 2.61 bits per heavy atom. The smallest absolute Gasteiger partial charge is 0.332 e. The van der Waals surface area contributed by atoms with Crippen molar-refractivity contribution in [2.45, 2.75) is 38.7 Å². The molecule has 1 saturated carbocycles. The van der Waals surface area contributed by atoms with E-state index in [2.05, 4.69) is 12.2 Å². The summed E-state index contributed by atoms with van der Waals surface area (Å²) in [7, 11) is 2.90. The van der Waals surface area contributed by atoms with E-state index in [1.165, 1.54) is 37.9 Å². The molecule has 0 aliphatic heterocycles. The van der Waals surface area contributed by atoms with Crippen molar-refractivity contribution >= 4 is 5.82 Å². The lowest BCUT2D eigenvalue weighted by Crippen LogP contribution is -2.40. The van der Waals surface area contributed by atoms with Gasteiger partial charge in [-0.2, -0.15) is 5.26 Å². The van der Waals surface area contributed by atoms with Gasteiger partial charge in [-0.3, -0.25) is 13.9 Å². The normalized spacial score (nSPS) is 21.0. The molecule has 2 atom stereocenters. The van der Waals surface area contributed by atoms with Gasteiger partial charge < -0.3 is 10.1 Å². The Bertz CT molecular complexity index is 714. The molecule has 0 bridgehead atoms. The van der Waals surface area contributed by atoms with Gasteiger partial charge in [0.25, 0.3) is 5.56 Å². The third-order valence-corrected chi connectivity index (χ3v) is 4.54. The van der Waals surface area contributed by atoms with Crippen molar-refractivity contribution in [3.63, 3.8) is 0 Å². The van der Waals surface area contributed by atoms with E-state index in [4.69, 9.17) is 4.74 Å². The minimum Gasteiger partial charge on any atom is -0.376 e. The fraction of sp³-hybridized carbons (Fsp3) is 0.688. The van der Waals surface area contributed by atoms with Crippen molar-refractivity contribution in [1.82, 2.24) is 9.13 Å². The molecular weight excluding hydrogens is 296 g/mol. The highest BCUT2D eigenvalue weighted by Crippen LogP contribution is 2.26. The fourth-order valence-electron chi connectivity index (χ4n) is 3.06. The van der Waals surface area contributed by atoms with Crippen LogP contribution in [0.3, 0.4) is 0 Å². The van der Waals surface area contributed by atoms with Gasteiger partial charge in [-0.25, -0.2) is 4.79 Å². The average molecular weight is 320 g/mol. The van der Waals surface area contributed by atoms with Crippen molar-refractivity contribution < 1.29 is 4.74 Å². The lowest BCUT2D eigenvalue weighted by atomic mass is 9.88. The van der Waals surface area contributed by atoms with E-state index >= 15 is 0 Å². The second kappa shape index (κ2) is 7.47. The van der Waals surface area contributed by atoms with E-state index in [-0.39, 0.29) is 17.5 Å². The van der Waals surface area contributed by atoms with Crippen LogP contribution < -0.4 is 16.6 Å². The highest BCUT2D eigenvalue weighted by molar-refractivity contribution is 5.51. The maximum Gasteiger partial charge on any atom is 0.332 e. The fourth-order valence-corrected chi connectivity index (χ4v) is 3.06. The monoisotopic (exact) mass is 320 g/mol. The quantitative estimate of drug-likeness (QED) is 0.816. The van der Waals surface area contributed by atoms with Crippen LogP contribution in [-0.4, -0.2) is 28.4 Å². The summed E-state index contributed by atoms with van der Waals surface area (Å²) in [6.45, 7) is 3.12. The molecule has 1 fully saturated rings. The lowest BCUT2D eigenvalue weighted by molar-refractivity contribution is 0.000353. The topological polar surface area (TPSA) is 89.1 Å². The van der Waals surface area contributed by atoms with Crippen LogP contribution in [0, 0.1) is 17.2 Å². The highest BCUT2D eigenvalue weighted by Gasteiger charge is 2.21. The molecule has 2 rings (SSSR count). The summed E-state index contributed by atoms with van der Waals surface area (Å²) >= 11 is 0. The molecule has 126 valence electrons. The summed E-state index contributed by atoms with van der Waals surface area (Å²) in [5, 5.41) is 12.2. The van der Waals surface area contributed by atoms with Crippen molar-refractivity contribution in [3.05, 3.63) is 26.4 Å². The predicted molar refractivity (Wildman–Crippen MR) is 87.5 cm³/mol. The molecule has 0 unspecified atom stereocenters. The summed E-state index contributed by atoms with van der Waals surface area (Å²) in [6, 6.07) is 1.87. The number of ether oxygens (including phenoxy) is 1. The first-order chi connectivity index (χ1) is 11.0. The van der Waals surface area contributed by atoms with E-state index in [0.717, 1.165) is 11.0 Å². The van der Waals surface area contributed by atoms with Crippen molar-refractivity contribution in [1.29, 1.82) is 5.26 Å². The molecule has 0 spiro atoms. The first kappa shape index (κ1) is 17.3. The van der Waals surface area contributed by atoms with Crippen LogP contribution in [0.1, 0.15) is 38.2 Å².